The van der Waals surface area contributed by atoms with Gasteiger partial charge in [-0.05, 0) is 86.6 Å². The van der Waals surface area contributed by atoms with E-state index in [0.29, 0.717) is 11.8 Å². The topological polar surface area (TPSA) is 53.0 Å². The Morgan fingerprint density at radius 3 is 2.84 bits per heavy atom. The van der Waals surface area contributed by atoms with E-state index in [1.54, 1.807) is 6.08 Å². The van der Waals surface area contributed by atoms with Crippen molar-refractivity contribution in [2.24, 2.45) is 11.3 Å². The Hall–Kier alpha value is -2.79. The van der Waals surface area contributed by atoms with Crippen molar-refractivity contribution >= 4 is 12.0 Å². The van der Waals surface area contributed by atoms with E-state index in [9.17, 15) is 9.90 Å². The van der Waals surface area contributed by atoms with E-state index >= 15 is 0 Å². The average Bonchev–Trinajstić information content (AvgIpc) is 3.62. The molecule has 2 saturated carbocycles. The molecule has 5 atom stereocenters. The number of phenols is 1. The first-order valence-electron chi connectivity index (χ1n) is 14.1. The molecule has 3 fully saturated rings. The van der Waals surface area contributed by atoms with E-state index in [-0.39, 0.29) is 34.6 Å². The maximum atomic E-state index is 13.4. The van der Waals surface area contributed by atoms with Crippen LogP contribution in [0.15, 0.2) is 42.5 Å². The second-order valence-corrected chi connectivity index (χ2v) is 12.6. The van der Waals surface area contributed by atoms with Crippen molar-refractivity contribution < 1.29 is 14.6 Å². The van der Waals surface area contributed by atoms with Gasteiger partial charge >= 0.3 is 0 Å². The molecule has 2 aromatic rings. The first-order chi connectivity index (χ1) is 17.8. The van der Waals surface area contributed by atoms with Gasteiger partial charge in [0.1, 0.15) is 6.10 Å². The summed E-state index contributed by atoms with van der Waals surface area (Å²) in [6, 6.07) is 12.6. The molecular formula is C32H38N2O3. The molecule has 2 aromatic carbocycles. The number of likely N-dealkylation sites (N-methyl/N-ethyl adjacent to an activating group) is 1. The number of phenolic OH excluding ortho intramolecular Hbond substituents is 1. The average molecular weight is 499 g/mol. The number of likely N-dealkylation sites (tertiary alicyclic amines) is 1. The van der Waals surface area contributed by atoms with E-state index in [2.05, 4.69) is 36.9 Å². The van der Waals surface area contributed by atoms with Crippen molar-refractivity contribution in [2.45, 2.75) is 76.0 Å². The molecule has 3 aliphatic carbocycles. The van der Waals surface area contributed by atoms with E-state index in [1.165, 1.54) is 36.1 Å². The molecule has 1 N–H and O–H groups in total. The Morgan fingerprint density at radius 2 is 2.05 bits per heavy atom. The number of hydrogen-bond donors (Lipinski definition) is 1. The molecule has 0 unspecified atom stereocenters. The highest BCUT2D eigenvalue weighted by molar-refractivity contribution is 5.92. The van der Waals surface area contributed by atoms with Crippen LogP contribution in [0.5, 0.6) is 11.5 Å². The lowest BCUT2D eigenvalue weighted by molar-refractivity contribution is -0.150. The Labute approximate surface area is 220 Å². The second-order valence-electron chi connectivity index (χ2n) is 12.6. The van der Waals surface area contributed by atoms with Gasteiger partial charge in [-0.1, -0.05) is 42.8 Å². The molecule has 1 spiro atoms. The minimum Gasteiger partial charge on any atom is -0.504 e. The Kier molecular flexibility index (Phi) is 5.11. The molecule has 5 aliphatic rings. The highest BCUT2D eigenvalue weighted by Crippen LogP contribution is 2.69. The third-order valence-electron chi connectivity index (χ3n) is 10.6. The maximum absolute atomic E-state index is 13.4. The maximum Gasteiger partial charge on any atom is 0.246 e. The van der Waals surface area contributed by atoms with E-state index in [0.717, 1.165) is 43.7 Å². The lowest BCUT2D eigenvalue weighted by Crippen LogP contribution is -2.73. The zero-order valence-corrected chi connectivity index (χ0v) is 22.2. The fraction of sp³-hybridized carbons (Fsp3) is 0.531. The monoisotopic (exact) mass is 498 g/mol. The van der Waals surface area contributed by atoms with Crippen LogP contribution in [-0.2, 0) is 16.6 Å². The van der Waals surface area contributed by atoms with Gasteiger partial charge in [0.2, 0.25) is 5.91 Å². The molecule has 2 bridgehead atoms. The lowest BCUT2D eigenvalue weighted by atomic mass is 9.43. The van der Waals surface area contributed by atoms with Crippen LogP contribution in [-0.4, -0.2) is 59.1 Å². The van der Waals surface area contributed by atoms with Gasteiger partial charge in [-0.25, -0.2) is 0 Å². The second kappa shape index (κ2) is 8.10. The van der Waals surface area contributed by atoms with Gasteiger partial charge in [0.05, 0.1) is 6.04 Å². The standard InChI is InChI=1S/C32H38N2O3/c1-20-5-4-6-21(17-20)9-12-27(36)33(3)24-13-14-31(2)26-18-23-10-11-25(35)29-28(23)32(31,30(24)37-29)15-16-34(26)19-22-7-8-22/h4-6,9-12,17,22,24,26,30,35H,7-8,13-16,18-19H2,1-3H3/t24-,26-,30+,31+,32+/m1/s1. The van der Waals surface area contributed by atoms with Crippen LogP contribution in [0.2, 0.25) is 0 Å². The summed E-state index contributed by atoms with van der Waals surface area (Å²) in [7, 11) is 1.93. The largest absolute Gasteiger partial charge is 0.504 e. The number of carbonyl (C=O) groups is 1. The minimum absolute atomic E-state index is 0.00837. The molecule has 37 heavy (non-hydrogen) atoms. The summed E-state index contributed by atoms with van der Waals surface area (Å²) in [4.78, 5) is 18.1. The summed E-state index contributed by atoms with van der Waals surface area (Å²) >= 11 is 0. The molecule has 1 amide bonds. The normalized spacial score (nSPS) is 33.8. The van der Waals surface area contributed by atoms with Gasteiger partial charge < -0.3 is 14.7 Å². The number of aryl methyl sites for hydroxylation is 1. The summed E-state index contributed by atoms with van der Waals surface area (Å²) in [6.07, 6.45) is 10.3. The van der Waals surface area contributed by atoms with Crippen molar-refractivity contribution in [3.63, 3.8) is 0 Å². The lowest BCUT2D eigenvalue weighted by Gasteiger charge is -2.66. The number of benzene rings is 2. The van der Waals surface area contributed by atoms with Crippen molar-refractivity contribution in [2.75, 3.05) is 20.1 Å². The van der Waals surface area contributed by atoms with Gasteiger partial charge in [-0.2, -0.15) is 0 Å². The van der Waals surface area contributed by atoms with Crippen molar-refractivity contribution in [3.8, 4) is 11.5 Å². The highest BCUT2D eigenvalue weighted by Gasteiger charge is 2.71. The molecule has 2 heterocycles. The van der Waals surface area contributed by atoms with Gasteiger partial charge in [0.15, 0.2) is 11.5 Å². The zero-order chi connectivity index (χ0) is 25.5. The van der Waals surface area contributed by atoms with Gasteiger partial charge in [-0.3, -0.25) is 9.69 Å². The van der Waals surface area contributed by atoms with E-state index < -0.39 is 0 Å². The van der Waals surface area contributed by atoms with Crippen molar-refractivity contribution in [3.05, 3.63) is 64.7 Å². The Morgan fingerprint density at radius 1 is 1.22 bits per heavy atom. The Bertz CT molecular complexity index is 1300. The summed E-state index contributed by atoms with van der Waals surface area (Å²) < 4.78 is 6.78. The SMILES string of the molecule is Cc1cccc(C=CC(=O)N(C)[C@@H]2CC[C@@]3(C)[C@H]4Cc5ccc(O)c6c5[C@@]3(CCN4CC3CC3)[C@H]2O6)c1. The van der Waals surface area contributed by atoms with Crippen LogP contribution in [0, 0.1) is 18.3 Å². The van der Waals surface area contributed by atoms with Crippen molar-refractivity contribution in [1.29, 1.82) is 0 Å². The summed E-state index contributed by atoms with van der Waals surface area (Å²) in [6.45, 7) is 6.84. The first-order valence-corrected chi connectivity index (χ1v) is 14.1. The van der Waals surface area contributed by atoms with Crippen LogP contribution in [0.25, 0.3) is 6.08 Å². The van der Waals surface area contributed by atoms with Crippen LogP contribution in [0.4, 0.5) is 0 Å². The molecule has 194 valence electrons. The third kappa shape index (κ3) is 3.29. The van der Waals surface area contributed by atoms with E-state index in [4.69, 9.17) is 4.74 Å². The fourth-order valence-electron chi connectivity index (χ4n) is 8.53. The van der Waals surface area contributed by atoms with Gasteiger partial charge in [0, 0.05) is 36.7 Å². The number of rotatable bonds is 5. The smallest absolute Gasteiger partial charge is 0.246 e. The number of carbonyl (C=O) groups excluding carboxylic acids is 1. The number of ether oxygens (including phenoxy) is 1. The summed E-state index contributed by atoms with van der Waals surface area (Å²) in [5.74, 6) is 1.81. The quantitative estimate of drug-likeness (QED) is 0.584. The molecular weight excluding hydrogens is 460 g/mol. The number of aromatic hydroxyl groups is 1. The van der Waals surface area contributed by atoms with Gasteiger partial charge in [-0.15, -0.1) is 0 Å². The molecule has 7 rings (SSSR count). The van der Waals surface area contributed by atoms with Crippen LogP contribution in [0.3, 0.4) is 0 Å². The van der Waals surface area contributed by atoms with Crippen LogP contribution in [0.1, 0.15) is 61.3 Å². The molecule has 0 aromatic heterocycles. The molecule has 5 nitrogen and oxygen atoms in total. The number of piperidine rings is 1. The fourth-order valence-corrected chi connectivity index (χ4v) is 8.53. The van der Waals surface area contributed by atoms with Crippen molar-refractivity contribution in [1.82, 2.24) is 9.80 Å². The van der Waals surface area contributed by atoms with Crippen LogP contribution >= 0.6 is 0 Å². The van der Waals surface area contributed by atoms with E-state index in [1.807, 2.05) is 36.2 Å². The third-order valence-corrected chi connectivity index (χ3v) is 10.6. The Balaban J connectivity index is 1.25. The minimum atomic E-state index is -0.170. The molecule has 2 aliphatic heterocycles. The molecule has 0 radical (unpaired) electrons. The zero-order valence-electron chi connectivity index (χ0n) is 22.2. The highest BCUT2D eigenvalue weighted by atomic mass is 16.5. The predicted molar refractivity (Wildman–Crippen MR) is 145 cm³/mol. The number of hydrogen-bond acceptors (Lipinski definition) is 4. The predicted octanol–water partition coefficient (Wildman–Crippen LogP) is 5.08. The number of amides is 1. The molecule has 5 heteroatoms. The van der Waals surface area contributed by atoms with Crippen LogP contribution < -0.4 is 4.74 Å². The van der Waals surface area contributed by atoms with Gasteiger partial charge in [0.25, 0.3) is 0 Å². The summed E-state index contributed by atoms with van der Waals surface area (Å²) in [5, 5.41) is 10.9. The first kappa shape index (κ1) is 23.3. The summed E-state index contributed by atoms with van der Waals surface area (Å²) in [5.41, 5.74) is 4.71. The molecule has 1 saturated heterocycles. The number of nitrogens with zero attached hydrogens (tertiary/aromatic N) is 2.